The van der Waals surface area contributed by atoms with Gasteiger partial charge < -0.3 is 14.6 Å². The Morgan fingerprint density at radius 2 is 1.76 bits per heavy atom. The second-order valence-electron chi connectivity index (χ2n) is 7.87. The molecule has 0 saturated carbocycles. The van der Waals surface area contributed by atoms with Gasteiger partial charge in [-0.25, -0.2) is 9.37 Å². The van der Waals surface area contributed by atoms with Crippen LogP contribution >= 0.6 is 34.5 Å². The van der Waals surface area contributed by atoms with Crippen molar-refractivity contribution in [3.05, 3.63) is 81.4 Å². The molecule has 3 heterocycles. The molecule has 8 nitrogen and oxygen atoms in total. The highest BCUT2D eigenvalue weighted by atomic mass is 35.5. The standard InChI is InChI=1S/C25H16Cl2FN3O5S/c1-35-17-9-14(27)18(36-2)7-12(17)22(32)20-21(11-3-5-29-6-4-11)31(24(34)23(20)33)25-30-16-8-13(26)15(28)10-19(16)37-25/h3-10,21,32H,1-2H3/b22-20+. The number of ether oxygens (including phenoxy) is 2. The molecule has 1 aliphatic rings. The van der Waals surface area contributed by atoms with Gasteiger partial charge >= 0.3 is 5.91 Å². The van der Waals surface area contributed by atoms with E-state index in [1.807, 2.05) is 0 Å². The van der Waals surface area contributed by atoms with E-state index in [2.05, 4.69) is 9.97 Å². The number of methoxy groups -OCH3 is 2. The number of fused-ring (bicyclic) bond motifs is 1. The van der Waals surface area contributed by atoms with Crippen molar-refractivity contribution in [2.75, 3.05) is 19.1 Å². The predicted molar refractivity (Wildman–Crippen MR) is 138 cm³/mol. The van der Waals surface area contributed by atoms with Gasteiger partial charge in [-0.3, -0.25) is 19.5 Å². The van der Waals surface area contributed by atoms with Gasteiger partial charge in [0.1, 0.15) is 23.1 Å². The zero-order chi connectivity index (χ0) is 26.4. The Morgan fingerprint density at radius 1 is 1.05 bits per heavy atom. The van der Waals surface area contributed by atoms with Crippen LogP contribution in [0.5, 0.6) is 11.5 Å². The Balaban J connectivity index is 1.76. The van der Waals surface area contributed by atoms with Crippen LogP contribution in [-0.4, -0.2) is 41.0 Å². The van der Waals surface area contributed by atoms with Crippen LogP contribution in [0.25, 0.3) is 16.0 Å². The molecule has 2 aromatic heterocycles. The van der Waals surface area contributed by atoms with Crippen LogP contribution in [0.2, 0.25) is 10.0 Å². The summed E-state index contributed by atoms with van der Waals surface area (Å²) in [5, 5.41) is 11.7. The maximum atomic E-state index is 14.1. The molecule has 1 fully saturated rings. The number of hydrogen-bond acceptors (Lipinski definition) is 8. The Kier molecular flexibility index (Phi) is 6.49. The van der Waals surface area contributed by atoms with Crippen LogP contribution in [0.3, 0.4) is 0 Å². The van der Waals surface area contributed by atoms with Crippen molar-refractivity contribution in [1.29, 1.82) is 0 Å². The molecule has 5 rings (SSSR count). The fraction of sp³-hybridized carbons (Fsp3) is 0.120. The molecule has 1 atom stereocenters. The first kappa shape index (κ1) is 24.9. The normalized spacial score (nSPS) is 17.0. The van der Waals surface area contributed by atoms with Crippen LogP contribution in [0.15, 0.2) is 54.4 Å². The Morgan fingerprint density at radius 3 is 2.43 bits per heavy atom. The minimum atomic E-state index is -1.07. The zero-order valence-corrected chi connectivity index (χ0v) is 21.5. The number of nitrogens with zero attached hydrogens (tertiary/aromatic N) is 3. The molecule has 1 unspecified atom stereocenters. The monoisotopic (exact) mass is 559 g/mol. The van der Waals surface area contributed by atoms with Gasteiger partial charge in [0.05, 0.1) is 51.7 Å². The number of thiazole rings is 1. The first-order valence-electron chi connectivity index (χ1n) is 10.6. The Bertz CT molecular complexity index is 1570. The number of amides is 1. The van der Waals surface area contributed by atoms with E-state index in [-0.39, 0.29) is 37.8 Å². The summed E-state index contributed by atoms with van der Waals surface area (Å²) in [4.78, 5) is 36.4. The Labute approximate surface area is 223 Å². The van der Waals surface area contributed by atoms with E-state index in [1.165, 1.54) is 55.8 Å². The number of carbonyl (C=O) groups excluding carboxylic acids is 2. The number of aliphatic hydroxyl groups is 1. The first-order chi connectivity index (χ1) is 17.7. The SMILES string of the molecule is COc1cc(/C(O)=C2\C(=O)C(=O)N(c3nc4cc(Cl)c(F)cc4s3)C2c2ccncc2)c(OC)cc1Cl. The second-order valence-corrected chi connectivity index (χ2v) is 9.69. The van der Waals surface area contributed by atoms with E-state index in [0.717, 1.165) is 11.3 Å². The highest BCUT2D eigenvalue weighted by Crippen LogP contribution is 2.46. The third kappa shape index (κ3) is 4.16. The lowest BCUT2D eigenvalue weighted by atomic mass is 9.95. The molecule has 12 heteroatoms. The van der Waals surface area contributed by atoms with E-state index in [1.54, 1.807) is 12.1 Å². The number of benzene rings is 2. The summed E-state index contributed by atoms with van der Waals surface area (Å²) in [5.41, 5.74) is 0.728. The van der Waals surface area contributed by atoms with Crippen molar-refractivity contribution in [1.82, 2.24) is 9.97 Å². The fourth-order valence-corrected chi connectivity index (χ4v) is 5.48. The molecule has 0 spiro atoms. The largest absolute Gasteiger partial charge is 0.507 e. The summed E-state index contributed by atoms with van der Waals surface area (Å²) in [6, 6.07) is 7.54. The number of hydrogen-bond donors (Lipinski definition) is 1. The summed E-state index contributed by atoms with van der Waals surface area (Å²) in [5.74, 6) is -2.62. The number of rotatable bonds is 5. The lowest BCUT2D eigenvalue weighted by Crippen LogP contribution is -2.29. The molecule has 1 N–H and O–H groups in total. The van der Waals surface area contributed by atoms with Crippen molar-refractivity contribution >= 4 is 67.3 Å². The van der Waals surface area contributed by atoms with Crippen LogP contribution in [0.1, 0.15) is 17.2 Å². The molecule has 1 saturated heterocycles. The molecule has 0 bridgehead atoms. The maximum absolute atomic E-state index is 14.1. The van der Waals surface area contributed by atoms with E-state index < -0.39 is 29.3 Å². The number of aromatic nitrogens is 2. The average molecular weight is 560 g/mol. The lowest BCUT2D eigenvalue weighted by molar-refractivity contribution is -0.132. The molecule has 4 aromatic rings. The van der Waals surface area contributed by atoms with Gasteiger partial charge in [-0.05, 0) is 35.9 Å². The zero-order valence-electron chi connectivity index (χ0n) is 19.2. The number of Topliss-reactive ketones (excluding diaryl/α,β-unsaturated/α-hetero) is 1. The first-order valence-corrected chi connectivity index (χ1v) is 12.2. The highest BCUT2D eigenvalue weighted by molar-refractivity contribution is 7.22. The van der Waals surface area contributed by atoms with Crippen molar-refractivity contribution in [3.8, 4) is 11.5 Å². The summed E-state index contributed by atoms with van der Waals surface area (Å²) < 4.78 is 25.1. The van der Waals surface area contributed by atoms with Crippen LogP contribution < -0.4 is 14.4 Å². The molecule has 37 heavy (non-hydrogen) atoms. The smallest absolute Gasteiger partial charge is 0.301 e. The maximum Gasteiger partial charge on any atom is 0.301 e. The van der Waals surface area contributed by atoms with E-state index >= 15 is 0 Å². The molecule has 0 radical (unpaired) electrons. The quantitative estimate of drug-likeness (QED) is 0.188. The van der Waals surface area contributed by atoms with Crippen molar-refractivity contribution in [2.24, 2.45) is 0 Å². The van der Waals surface area contributed by atoms with Gasteiger partial charge in [-0.1, -0.05) is 34.5 Å². The van der Waals surface area contributed by atoms with Crippen molar-refractivity contribution < 1.29 is 28.6 Å². The fourth-order valence-electron chi connectivity index (χ4n) is 4.10. The summed E-state index contributed by atoms with van der Waals surface area (Å²) in [6.07, 6.45) is 2.99. The van der Waals surface area contributed by atoms with Gasteiger partial charge in [0, 0.05) is 18.5 Å². The summed E-state index contributed by atoms with van der Waals surface area (Å²) in [7, 11) is 2.77. The number of aliphatic hydroxyl groups excluding tert-OH is 1. The van der Waals surface area contributed by atoms with Gasteiger partial charge in [0.15, 0.2) is 5.13 Å². The summed E-state index contributed by atoms with van der Waals surface area (Å²) in [6.45, 7) is 0. The molecule has 188 valence electrons. The van der Waals surface area contributed by atoms with Gasteiger partial charge in [0.25, 0.3) is 5.78 Å². The van der Waals surface area contributed by atoms with Crippen molar-refractivity contribution in [3.63, 3.8) is 0 Å². The molecule has 0 aliphatic carbocycles. The van der Waals surface area contributed by atoms with Gasteiger partial charge in [-0.2, -0.15) is 0 Å². The van der Waals surface area contributed by atoms with E-state index in [9.17, 15) is 19.1 Å². The number of anilines is 1. The van der Waals surface area contributed by atoms with E-state index in [0.29, 0.717) is 15.8 Å². The van der Waals surface area contributed by atoms with Crippen LogP contribution in [0.4, 0.5) is 9.52 Å². The van der Waals surface area contributed by atoms with Crippen LogP contribution in [0, 0.1) is 5.82 Å². The third-order valence-corrected chi connectivity index (χ3v) is 7.42. The highest BCUT2D eigenvalue weighted by Gasteiger charge is 2.48. The molecular formula is C25H16Cl2FN3O5S. The molecule has 1 amide bonds. The van der Waals surface area contributed by atoms with E-state index in [4.69, 9.17) is 32.7 Å². The second kappa shape index (κ2) is 9.62. The minimum Gasteiger partial charge on any atom is -0.507 e. The molecule has 2 aromatic carbocycles. The summed E-state index contributed by atoms with van der Waals surface area (Å²) >= 11 is 13.1. The van der Waals surface area contributed by atoms with Crippen LogP contribution in [-0.2, 0) is 9.59 Å². The topological polar surface area (TPSA) is 102 Å². The molecular weight excluding hydrogens is 544 g/mol. The lowest BCUT2D eigenvalue weighted by Gasteiger charge is -2.23. The van der Waals surface area contributed by atoms with Gasteiger partial charge in [0.2, 0.25) is 0 Å². The predicted octanol–water partition coefficient (Wildman–Crippen LogP) is 5.78. The Hall–Kier alpha value is -3.73. The van der Waals surface area contributed by atoms with Crippen molar-refractivity contribution in [2.45, 2.75) is 6.04 Å². The number of carbonyl (C=O) groups is 2. The average Bonchev–Trinajstić information content (AvgIpc) is 3.41. The number of halogens is 3. The third-order valence-electron chi connectivity index (χ3n) is 5.82. The number of pyridine rings is 1. The van der Waals surface area contributed by atoms with Gasteiger partial charge in [-0.15, -0.1) is 0 Å². The molecule has 1 aliphatic heterocycles. The number of ketones is 1. The minimum absolute atomic E-state index is 0.0963.